The van der Waals surface area contributed by atoms with Crippen LogP contribution in [0.15, 0.2) is 30.5 Å². The number of rotatable bonds is 5. The number of benzene rings is 1. The van der Waals surface area contributed by atoms with E-state index in [1.54, 1.807) is 24.4 Å². The first-order valence-corrected chi connectivity index (χ1v) is 6.79. The highest BCUT2D eigenvalue weighted by molar-refractivity contribution is 6.30. The molecule has 0 saturated heterocycles. The van der Waals surface area contributed by atoms with Crippen molar-refractivity contribution in [2.24, 2.45) is 5.73 Å². The number of phenols is 1. The molecule has 0 aliphatic carbocycles. The quantitative estimate of drug-likeness (QED) is 0.789. The summed E-state index contributed by atoms with van der Waals surface area (Å²) in [6.07, 6.45) is 2.52. The van der Waals surface area contributed by atoms with E-state index in [1.807, 2.05) is 6.92 Å². The average molecular weight is 293 g/mol. The van der Waals surface area contributed by atoms with Crippen LogP contribution in [0.2, 0.25) is 5.02 Å². The Morgan fingerprint density at radius 2 is 2.20 bits per heavy atom. The standard InChI is InChI=1S/C14H17ClN4O/c1-2-10(16)8-18-13-5-6-17-14(19-13)11-7-9(15)3-4-12(11)20/h3-7,10,20H,2,8,16H2,1H3,(H,17,18,19). The molecule has 1 heterocycles. The van der Waals surface area contributed by atoms with Crippen LogP contribution in [-0.4, -0.2) is 27.7 Å². The summed E-state index contributed by atoms with van der Waals surface area (Å²) >= 11 is 5.93. The predicted octanol–water partition coefficient (Wildman–Crippen LogP) is 2.65. The summed E-state index contributed by atoms with van der Waals surface area (Å²) in [5.74, 6) is 1.18. The Hall–Kier alpha value is -1.85. The third-order valence-electron chi connectivity index (χ3n) is 2.92. The van der Waals surface area contributed by atoms with Gasteiger partial charge in [0.2, 0.25) is 0 Å². The Morgan fingerprint density at radius 1 is 1.40 bits per heavy atom. The van der Waals surface area contributed by atoms with Gasteiger partial charge in [0.05, 0.1) is 5.56 Å². The van der Waals surface area contributed by atoms with Crippen LogP contribution in [-0.2, 0) is 0 Å². The highest BCUT2D eigenvalue weighted by Gasteiger charge is 2.09. The van der Waals surface area contributed by atoms with Gasteiger partial charge in [-0.2, -0.15) is 0 Å². The first kappa shape index (κ1) is 14.6. The van der Waals surface area contributed by atoms with Crippen molar-refractivity contribution in [1.29, 1.82) is 0 Å². The van der Waals surface area contributed by atoms with Gasteiger partial charge in [-0.05, 0) is 30.7 Å². The van der Waals surface area contributed by atoms with Crippen molar-refractivity contribution in [3.05, 3.63) is 35.5 Å². The zero-order valence-corrected chi connectivity index (χ0v) is 11.9. The van der Waals surface area contributed by atoms with Gasteiger partial charge in [0, 0.05) is 23.8 Å². The minimum atomic E-state index is 0.0768. The highest BCUT2D eigenvalue weighted by atomic mass is 35.5. The van der Waals surface area contributed by atoms with Gasteiger partial charge in [-0.25, -0.2) is 9.97 Å². The maximum Gasteiger partial charge on any atom is 0.165 e. The van der Waals surface area contributed by atoms with Gasteiger partial charge in [-0.3, -0.25) is 0 Å². The van der Waals surface area contributed by atoms with Crippen molar-refractivity contribution in [2.75, 3.05) is 11.9 Å². The van der Waals surface area contributed by atoms with Crippen molar-refractivity contribution in [3.8, 4) is 17.1 Å². The summed E-state index contributed by atoms with van der Waals surface area (Å²) in [5, 5.41) is 13.5. The maximum absolute atomic E-state index is 9.86. The van der Waals surface area contributed by atoms with Gasteiger partial charge in [-0.15, -0.1) is 0 Å². The lowest BCUT2D eigenvalue weighted by Crippen LogP contribution is -2.28. The molecular weight excluding hydrogens is 276 g/mol. The molecule has 106 valence electrons. The number of nitrogens with two attached hydrogens (primary N) is 1. The molecule has 6 heteroatoms. The van der Waals surface area contributed by atoms with Gasteiger partial charge in [0.15, 0.2) is 5.82 Å². The van der Waals surface area contributed by atoms with Crippen LogP contribution in [0.1, 0.15) is 13.3 Å². The number of aromatic hydroxyl groups is 1. The zero-order chi connectivity index (χ0) is 14.5. The number of anilines is 1. The van der Waals surface area contributed by atoms with Crippen molar-refractivity contribution >= 4 is 17.4 Å². The van der Waals surface area contributed by atoms with Gasteiger partial charge >= 0.3 is 0 Å². The summed E-state index contributed by atoms with van der Waals surface area (Å²) in [6.45, 7) is 2.66. The largest absolute Gasteiger partial charge is 0.507 e. The van der Waals surface area contributed by atoms with Crippen LogP contribution in [0.25, 0.3) is 11.4 Å². The molecule has 0 saturated carbocycles. The molecule has 2 aromatic rings. The molecule has 1 aromatic carbocycles. The van der Waals surface area contributed by atoms with Crippen molar-refractivity contribution in [3.63, 3.8) is 0 Å². The highest BCUT2D eigenvalue weighted by Crippen LogP contribution is 2.29. The first-order valence-electron chi connectivity index (χ1n) is 6.41. The van der Waals surface area contributed by atoms with Gasteiger partial charge in [-0.1, -0.05) is 18.5 Å². The van der Waals surface area contributed by atoms with E-state index in [0.717, 1.165) is 6.42 Å². The molecule has 2 rings (SSSR count). The van der Waals surface area contributed by atoms with Crippen LogP contribution in [0.5, 0.6) is 5.75 Å². The third-order valence-corrected chi connectivity index (χ3v) is 3.16. The molecule has 1 atom stereocenters. The van der Waals surface area contributed by atoms with Gasteiger partial charge in [0.1, 0.15) is 11.6 Å². The molecule has 0 radical (unpaired) electrons. The smallest absolute Gasteiger partial charge is 0.165 e. The van der Waals surface area contributed by atoms with Crippen LogP contribution in [0.3, 0.4) is 0 Å². The number of aromatic nitrogens is 2. The van der Waals surface area contributed by atoms with Crippen molar-refractivity contribution in [1.82, 2.24) is 9.97 Å². The van der Waals surface area contributed by atoms with E-state index in [1.165, 1.54) is 6.07 Å². The molecule has 20 heavy (non-hydrogen) atoms. The lowest BCUT2D eigenvalue weighted by atomic mass is 10.2. The van der Waals surface area contributed by atoms with Gasteiger partial charge < -0.3 is 16.2 Å². The van der Waals surface area contributed by atoms with E-state index in [0.29, 0.717) is 28.8 Å². The van der Waals surface area contributed by atoms with Crippen molar-refractivity contribution in [2.45, 2.75) is 19.4 Å². The van der Waals surface area contributed by atoms with E-state index < -0.39 is 0 Å². The number of hydrogen-bond donors (Lipinski definition) is 3. The first-order chi connectivity index (χ1) is 9.60. The summed E-state index contributed by atoms with van der Waals surface area (Å²) < 4.78 is 0. The fraction of sp³-hybridized carbons (Fsp3) is 0.286. The average Bonchev–Trinajstić information content (AvgIpc) is 2.47. The Morgan fingerprint density at radius 3 is 2.95 bits per heavy atom. The van der Waals surface area contributed by atoms with E-state index in [-0.39, 0.29) is 11.8 Å². The second-order valence-corrected chi connectivity index (χ2v) is 4.91. The van der Waals surface area contributed by atoms with Crippen LogP contribution >= 0.6 is 11.6 Å². The third kappa shape index (κ3) is 3.59. The number of hydrogen-bond acceptors (Lipinski definition) is 5. The molecule has 0 bridgehead atoms. The number of nitrogens with one attached hydrogen (secondary N) is 1. The monoisotopic (exact) mass is 292 g/mol. The van der Waals surface area contributed by atoms with Crippen LogP contribution in [0, 0.1) is 0 Å². The molecule has 0 fully saturated rings. The minimum absolute atomic E-state index is 0.0768. The van der Waals surface area contributed by atoms with Gasteiger partial charge in [0.25, 0.3) is 0 Å². The molecule has 0 amide bonds. The molecule has 4 N–H and O–H groups in total. The van der Waals surface area contributed by atoms with E-state index in [9.17, 15) is 5.11 Å². The van der Waals surface area contributed by atoms with Crippen LogP contribution < -0.4 is 11.1 Å². The van der Waals surface area contributed by atoms with Crippen molar-refractivity contribution < 1.29 is 5.11 Å². The lowest BCUT2D eigenvalue weighted by molar-refractivity contribution is 0.477. The van der Waals surface area contributed by atoms with Crippen LogP contribution in [0.4, 0.5) is 5.82 Å². The molecular formula is C14H17ClN4O. The molecule has 0 aliphatic heterocycles. The lowest BCUT2D eigenvalue weighted by Gasteiger charge is -2.11. The topological polar surface area (TPSA) is 84.1 Å². The maximum atomic E-state index is 9.86. The minimum Gasteiger partial charge on any atom is -0.507 e. The SMILES string of the molecule is CCC(N)CNc1ccnc(-c2cc(Cl)ccc2O)n1. The summed E-state index contributed by atoms with van der Waals surface area (Å²) in [7, 11) is 0. The van der Waals surface area contributed by atoms with E-state index in [4.69, 9.17) is 17.3 Å². The Labute approximate surface area is 122 Å². The molecule has 5 nitrogen and oxygen atoms in total. The second-order valence-electron chi connectivity index (χ2n) is 4.48. The fourth-order valence-corrected chi connectivity index (χ4v) is 1.83. The number of nitrogens with zero attached hydrogens (tertiary/aromatic N) is 2. The summed E-state index contributed by atoms with van der Waals surface area (Å²) in [4.78, 5) is 8.51. The summed E-state index contributed by atoms with van der Waals surface area (Å²) in [5.41, 5.74) is 6.35. The summed E-state index contributed by atoms with van der Waals surface area (Å²) in [6, 6.07) is 6.60. The Kier molecular flexibility index (Phi) is 4.76. The molecule has 1 aromatic heterocycles. The second kappa shape index (κ2) is 6.54. The molecule has 0 spiro atoms. The Balaban J connectivity index is 2.23. The molecule has 1 unspecified atom stereocenters. The normalized spacial score (nSPS) is 12.2. The fourth-order valence-electron chi connectivity index (χ4n) is 1.65. The van der Waals surface area contributed by atoms with E-state index in [2.05, 4.69) is 15.3 Å². The Bertz CT molecular complexity index is 591. The number of halogens is 1. The zero-order valence-electron chi connectivity index (χ0n) is 11.2. The number of phenolic OH excluding ortho intramolecular Hbond substituents is 1. The predicted molar refractivity (Wildman–Crippen MR) is 80.9 cm³/mol. The van der Waals surface area contributed by atoms with E-state index >= 15 is 0 Å². The molecule has 0 aliphatic rings.